The molecule has 3 nitrogen and oxygen atoms in total. The van der Waals surface area contributed by atoms with Crippen molar-refractivity contribution >= 4 is 6.09 Å². The largest absolute Gasteiger partial charge is 0.446 e. The van der Waals surface area contributed by atoms with Gasteiger partial charge in [-0.25, -0.2) is 4.79 Å². The second kappa shape index (κ2) is 5.24. The zero-order chi connectivity index (χ0) is 13.1. The van der Waals surface area contributed by atoms with Crippen LogP contribution in [0.15, 0.2) is 30.3 Å². The predicted octanol–water partition coefficient (Wildman–Crippen LogP) is 3.64. The summed E-state index contributed by atoms with van der Waals surface area (Å²) in [6.07, 6.45) is 7.19. The highest BCUT2D eigenvalue weighted by Crippen LogP contribution is 2.56. The molecule has 1 amide bonds. The SMILES string of the molecule is O=C(NCc1ccccc1)OC1CCC2(CC1)CC2. The zero-order valence-electron chi connectivity index (χ0n) is 11.2. The highest BCUT2D eigenvalue weighted by Gasteiger charge is 2.45. The summed E-state index contributed by atoms with van der Waals surface area (Å²) in [5.41, 5.74) is 1.75. The number of alkyl carbamates (subject to hydrolysis) is 1. The van der Waals surface area contributed by atoms with Gasteiger partial charge >= 0.3 is 6.09 Å². The number of rotatable bonds is 3. The van der Waals surface area contributed by atoms with Gasteiger partial charge in [0.25, 0.3) is 0 Å². The van der Waals surface area contributed by atoms with Crippen molar-refractivity contribution in [1.29, 1.82) is 0 Å². The lowest BCUT2D eigenvalue weighted by atomic mass is 9.85. The van der Waals surface area contributed by atoms with Gasteiger partial charge in [0, 0.05) is 6.54 Å². The van der Waals surface area contributed by atoms with Crippen LogP contribution in [0, 0.1) is 5.41 Å². The van der Waals surface area contributed by atoms with Gasteiger partial charge in [-0.1, -0.05) is 30.3 Å². The first-order valence-electron chi connectivity index (χ1n) is 7.24. The fraction of sp³-hybridized carbons (Fsp3) is 0.562. The standard InChI is InChI=1S/C16H21NO2/c18-15(17-12-13-4-2-1-3-5-13)19-14-6-8-16(9-7-14)10-11-16/h1-5,14H,6-12H2,(H,17,18). The molecule has 1 spiro atoms. The zero-order valence-corrected chi connectivity index (χ0v) is 11.2. The number of ether oxygens (including phenoxy) is 1. The monoisotopic (exact) mass is 259 g/mol. The molecule has 19 heavy (non-hydrogen) atoms. The Morgan fingerprint density at radius 1 is 1.16 bits per heavy atom. The Balaban J connectivity index is 1.39. The van der Waals surface area contributed by atoms with Crippen LogP contribution in [0.5, 0.6) is 0 Å². The second-order valence-corrected chi connectivity index (χ2v) is 5.94. The van der Waals surface area contributed by atoms with E-state index in [-0.39, 0.29) is 12.2 Å². The van der Waals surface area contributed by atoms with Gasteiger partial charge in [-0.2, -0.15) is 0 Å². The van der Waals surface area contributed by atoms with Crippen LogP contribution in [-0.2, 0) is 11.3 Å². The van der Waals surface area contributed by atoms with E-state index in [1.54, 1.807) is 0 Å². The van der Waals surface area contributed by atoms with Gasteiger partial charge in [0.15, 0.2) is 0 Å². The predicted molar refractivity (Wildman–Crippen MR) is 73.7 cm³/mol. The van der Waals surface area contributed by atoms with Crippen LogP contribution < -0.4 is 5.32 Å². The maximum absolute atomic E-state index is 11.7. The summed E-state index contributed by atoms with van der Waals surface area (Å²) in [6, 6.07) is 9.91. The van der Waals surface area contributed by atoms with Crippen molar-refractivity contribution in [2.45, 2.75) is 51.2 Å². The van der Waals surface area contributed by atoms with Crippen molar-refractivity contribution in [3.63, 3.8) is 0 Å². The number of benzene rings is 1. The van der Waals surface area contributed by atoms with E-state index in [0.29, 0.717) is 12.0 Å². The second-order valence-electron chi connectivity index (χ2n) is 5.94. The minimum absolute atomic E-state index is 0.127. The van der Waals surface area contributed by atoms with Crippen LogP contribution >= 0.6 is 0 Å². The Kier molecular flexibility index (Phi) is 3.45. The molecule has 0 heterocycles. The van der Waals surface area contributed by atoms with E-state index >= 15 is 0 Å². The molecule has 2 aliphatic carbocycles. The van der Waals surface area contributed by atoms with Crippen LogP contribution in [0.1, 0.15) is 44.1 Å². The van der Waals surface area contributed by atoms with E-state index in [4.69, 9.17) is 4.74 Å². The van der Waals surface area contributed by atoms with Crippen LogP contribution in [0.2, 0.25) is 0 Å². The summed E-state index contributed by atoms with van der Waals surface area (Å²) < 4.78 is 5.48. The number of hydrogen-bond donors (Lipinski definition) is 1. The molecular formula is C16H21NO2. The van der Waals surface area contributed by atoms with Gasteiger partial charge in [0.05, 0.1) is 0 Å². The summed E-state index contributed by atoms with van der Waals surface area (Å²) in [4.78, 5) is 11.7. The molecule has 3 rings (SSSR count). The minimum atomic E-state index is -0.277. The first kappa shape index (κ1) is 12.5. The maximum atomic E-state index is 11.7. The molecule has 0 radical (unpaired) electrons. The van der Waals surface area contributed by atoms with Gasteiger partial charge in [0.1, 0.15) is 6.10 Å². The lowest BCUT2D eigenvalue weighted by molar-refractivity contribution is 0.0603. The molecule has 102 valence electrons. The molecule has 1 aromatic rings. The normalized spacial score (nSPS) is 21.1. The average Bonchev–Trinajstić information content (AvgIpc) is 3.20. The van der Waals surface area contributed by atoms with Crippen LogP contribution in [0.25, 0.3) is 0 Å². The van der Waals surface area contributed by atoms with Crippen LogP contribution in [0.4, 0.5) is 4.79 Å². The van der Waals surface area contributed by atoms with Gasteiger partial charge in [-0.15, -0.1) is 0 Å². The number of nitrogens with one attached hydrogen (secondary N) is 1. The Hall–Kier alpha value is -1.51. The molecule has 2 aliphatic rings. The van der Waals surface area contributed by atoms with E-state index in [0.717, 1.165) is 18.4 Å². The lowest BCUT2D eigenvalue weighted by Gasteiger charge is -2.28. The third-order valence-corrected chi connectivity index (χ3v) is 4.50. The van der Waals surface area contributed by atoms with Gasteiger partial charge in [-0.3, -0.25) is 0 Å². The highest BCUT2D eigenvalue weighted by molar-refractivity contribution is 5.67. The maximum Gasteiger partial charge on any atom is 0.407 e. The first-order valence-corrected chi connectivity index (χ1v) is 7.24. The van der Waals surface area contributed by atoms with E-state index < -0.39 is 0 Å². The summed E-state index contributed by atoms with van der Waals surface area (Å²) in [7, 11) is 0. The van der Waals surface area contributed by atoms with Gasteiger partial charge < -0.3 is 10.1 Å². The summed E-state index contributed by atoms with van der Waals surface area (Å²) in [6.45, 7) is 0.538. The lowest BCUT2D eigenvalue weighted by Crippen LogP contribution is -2.31. The molecule has 3 heteroatoms. The van der Waals surface area contributed by atoms with Crippen LogP contribution in [0.3, 0.4) is 0 Å². The Morgan fingerprint density at radius 2 is 1.84 bits per heavy atom. The number of carbonyl (C=O) groups is 1. The number of amides is 1. The molecule has 2 saturated carbocycles. The molecule has 0 aliphatic heterocycles. The van der Waals surface area contributed by atoms with Crippen molar-refractivity contribution in [3.8, 4) is 0 Å². The molecule has 0 atom stereocenters. The minimum Gasteiger partial charge on any atom is -0.446 e. The molecule has 0 aromatic heterocycles. The van der Waals surface area contributed by atoms with E-state index in [2.05, 4.69) is 5.32 Å². The van der Waals surface area contributed by atoms with E-state index in [1.807, 2.05) is 30.3 Å². The Morgan fingerprint density at radius 3 is 2.47 bits per heavy atom. The third-order valence-electron chi connectivity index (χ3n) is 4.50. The van der Waals surface area contributed by atoms with E-state index in [1.165, 1.54) is 25.7 Å². The highest BCUT2D eigenvalue weighted by atomic mass is 16.6. The summed E-state index contributed by atoms with van der Waals surface area (Å²) >= 11 is 0. The van der Waals surface area contributed by atoms with E-state index in [9.17, 15) is 4.79 Å². The summed E-state index contributed by atoms with van der Waals surface area (Å²) in [5, 5.41) is 2.82. The van der Waals surface area contributed by atoms with Crippen molar-refractivity contribution in [1.82, 2.24) is 5.32 Å². The van der Waals surface area contributed by atoms with Crippen LogP contribution in [-0.4, -0.2) is 12.2 Å². The summed E-state index contributed by atoms with van der Waals surface area (Å²) in [5.74, 6) is 0. The van der Waals surface area contributed by atoms with Crippen molar-refractivity contribution < 1.29 is 9.53 Å². The third kappa shape index (κ3) is 3.28. The molecule has 2 fully saturated rings. The van der Waals surface area contributed by atoms with Crippen molar-refractivity contribution in [3.05, 3.63) is 35.9 Å². The Bertz CT molecular complexity index is 429. The molecular weight excluding hydrogens is 238 g/mol. The number of carbonyl (C=O) groups excluding carboxylic acids is 1. The molecule has 1 N–H and O–H groups in total. The van der Waals surface area contributed by atoms with Gasteiger partial charge in [0.2, 0.25) is 0 Å². The fourth-order valence-electron chi connectivity index (χ4n) is 2.96. The number of hydrogen-bond acceptors (Lipinski definition) is 2. The topological polar surface area (TPSA) is 38.3 Å². The fourth-order valence-corrected chi connectivity index (χ4v) is 2.96. The molecule has 0 unspecified atom stereocenters. The Labute approximate surface area is 114 Å². The van der Waals surface area contributed by atoms with Crippen molar-refractivity contribution in [2.75, 3.05) is 0 Å². The average molecular weight is 259 g/mol. The quantitative estimate of drug-likeness (QED) is 0.900. The molecule has 0 bridgehead atoms. The molecule has 0 saturated heterocycles. The smallest absolute Gasteiger partial charge is 0.407 e. The van der Waals surface area contributed by atoms with Crippen molar-refractivity contribution in [2.24, 2.45) is 5.41 Å². The van der Waals surface area contributed by atoms with Gasteiger partial charge in [-0.05, 0) is 49.5 Å². The first-order chi connectivity index (χ1) is 9.26. The molecule has 1 aromatic carbocycles.